The molecule has 2 aromatic rings. The second kappa shape index (κ2) is 5.17. The lowest BCUT2D eigenvalue weighted by Crippen LogP contribution is -2.31. The Morgan fingerprint density at radius 1 is 1.47 bits per heavy atom. The quantitative estimate of drug-likeness (QED) is 0.808. The van der Waals surface area contributed by atoms with Gasteiger partial charge in [-0.15, -0.1) is 0 Å². The first-order valence-corrected chi connectivity index (χ1v) is 6.15. The highest BCUT2D eigenvalue weighted by Crippen LogP contribution is 2.16. The number of fused-ring (bicyclic) bond motifs is 1. The van der Waals surface area contributed by atoms with Crippen molar-refractivity contribution in [3.8, 4) is 0 Å². The predicted octanol–water partition coefficient (Wildman–Crippen LogP) is 1.09. The summed E-state index contributed by atoms with van der Waals surface area (Å²) in [7, 11) is 0. The van der Waals surface area contributed by atoms with Crippen LogP contribution in [0.2, 0.25) is 0 Å². The number of hydrogen-bond donors (Lipinski definition) is 2. The van der Waals surface area contributed by atoms with Gasteiger partial charge in [-0.25, -0.2) is 4.79 Å². The highest BCUT2D eigenvalue weighted by atomic mass is 16.4. The van der Waals surface area contributed by atoms with Crippen LogP contribution < -0.4 is 16.8 Å². The van der Waals surface area contributed by atoms with Gasteiger partial charge in [-0.1, -0.05) is 0 Å². The van der Waals surface area contributed by atoms with Gasteiger partial charge in [-0.3, -0.25) is 9.36 Å². The molecule has 0 saturated heterocycles. The van der Waals surface area contributed by atoms with Crippen molar-refractivity contribution in [3.63, 3.8) is 0 Å². The van der Waals surface area contributed by atoms with Gasteiger partial charge in [0.25, 0.3) is 0 Å². The molecule has 3 N–H and O–H groups in total. The number of benzene rings is 1. The average Bonchev–Trinajstić information content (AvgIpc) is 2.60. The Balaban J connectivity index is 2.19. The van der Waals surface area contributed by atoms with Crippen molar-refractivity contribution in [2.45, 2.75) is 32.9 Å². The van der Waals surface area contributed by atoms with Crippen LogP contribution in [0.4, 0.5) is 5.69 Å². The maximum Gasteiger partial charge on any atom is 0.419 e. The molecule has 0 fully saturated rings. The number of carbonyl (C=O) groups is 1. The number of rotatable bonds is 4. The Morgan fingerprint density at radius 3 is 2.89 bits per heavy atom. The Kier molecular flexibility index (Phi) is 3.59. The molecular formula is C13H17N3O3. The zero-order chi connectivity index (χ0) is 14.0. The number of nitrogens with two attached hydrogens (primary N) is 1. The zero-order valence-electron chi connectivity index (χ0n) is 11.0. The first-order valence-electron chi connectivity index (χ1n) is 6.15. The third-order valence-electron chi connectivity index (χ3n) is 2.70. The summed E-state index contributed by atoms with van der Waals surface area (Å²) in [6.45, 7) is 4.06. The van der Waals surface area contributed by atoms with Gasteiger partial charge in [0.1, 0.15) is 0 Å². The molecule has 6 heteroatoms. The summed E-state index contributed by atoms with van der Waals surface area (Å²) in [5.41, 5.74) is 7.25. The van der Waals surface area contributed by atoms with E-state index >= 15 is 0 Å². The van der Waals surface area contributed by atoms with Crippen LogP contribution in [0.15, 0.2) is 27.4 Å². The number of oxazole rings is 1. The van der Waals surface area contributed by atoms with E-state index in [1.165, 1.54) is 4.57 Å². The summed E-state index contributed by atoms with van der Waals surface area (Å²) in [5, 5.41) is 2.78. The molecule has 1 aromatic heterocycles. The third kappa shape index (κ3) is 2.96. The molecule has 19 heavy (non-hydrogen) atoms. The molecule has 1 amide bonds. The summed E-state index contributed by atoms with van der Waals surface area (Å²) in [6.07, 6.45) is 0.233. The van der Waals surface area contributed by atoms with E-state index in [2.05, 4.69) is 5.32 Å². The van der Waals surface area contributed by atoms with Crippen molar-refractivity contribution in [2.75, 3.05) is 5.73 Å². The molecule has 0 spiro atoms. The van der Waals surface area contributed by atoms with Gasteiger partial charge in [-0.05, 0) is 26.0 Å². The van der Waals surface area contributed by atoms with E-state index in [1.807, 2.05) is 13.8 Å². The Labute approximate surface area is 110 Å². The summed E-state index contributed by atoms with van der Waals surface area (Å²) >= 11 is 0. The number of nitrogens with zero attached hydrogens (tertiary/aromatic N) is 1. The number of aryl methyl sites for hydroxylation is 1. The Hall–Kier alpha value is -2.24. The normalized spacial score (nSPS) is 11.1. The van der Waals surface area contributed by atoms with Gasteiger partial charge < -0.3 is 15.5 Å². The average molecular weight is 263 g/mol. The predicted molar refractivity (Wildman–Crippen MR) is 72.8 cm³/mol. The van der Waals surface area contributed by atoms with E-state index in [9.17, 15) is 9.59 Å². The minimum atomic E-state index is -0.474. The minimum absolute atomic E-state index is 0.0881. The highest BCUT2D eigenvalue weighted by Gasteiger charge is 2.11. The number of amides is 1. The second-order valence-corrected chi connectivity index (χ2v) is 4.72. The lowest BCUT2D eigenvalue weighted by Gasteiger charge is -2.08. The fourth-order valence-corrected chi connectivity index (χ4v) is 1.90. The van der Waals surface area contributed by atoms with E-state index in [0.29, 0.717) is 16.8 Å². The highest BCUT2D eigenvalue weighted by molar-refractivity contribution is 5.78. The lowest BCUT2D eigenvalue weighted by molar-refractivity contribution is -0.121. The maximum absolute atomic E-state index is 11.7. The van der Waals surface area contributed by atoms with Crippen LogP contribution in [-0.2, 0) is 11.3 Å². The molecule has 0 radical (unpaired) electrons. The molecule has 0 aliphatic heterocycles. The number of nitrogen functional groups attached to an aromatic ring is 1. The third-order valence-corrected chi connectivity index (χ3v) is 2.70. The largest absolute Gasteiger partial charge is 0.419 e. The first-order chi connectivity index (χ1) is 8.97. The molecule has 6 nitrogen and oxygen atoms in total. The molecule has 1 aromatic carbocycles. The Morgan fingerprint density at radius 2 is 2.21 bits per heavy atom. The van der Waals surface area contributed by atoms with Crippen molar-refractivity contribution in [2.24, 2.45) is 0 Å². The minimum Gasteiger partial charge on any atom is -0.408 e. The molecule has 1 heterocycles. The topological polar surface area (TPSA) is 90.3 Å². The number of anilines is 1. The Bertz CT molecular complexity index is 655. The van der Waals surface area contributed by atoms with Crippen LogP contribution in [0.5, 0.6) is 0 Å². The van der Waals surface area contributed by atoms with Gasteiger partial charge in [0, 0.05) is 30.8 Å². The maximum atomic E-state index is 11.7. The van der Waals surface area contributed by atoms with Gasteiger partial charge in [-0.2, -0.15) is 0 Å². The lowest BCUT2D eigenvalue weighted by atomic mass is 10.3. The van der Waals surface area contributed by atoms with Gasteiger partial charge in [0.2, 0.25) is 5.91 Å². The van der Waals surface area contributed by atoms with E-state index in [4.69, 9.17) is 10.2 Å². The first kappa shape index (κ1) is 13.2. The smallest absolute Gasteiger partial charge is 0.408 e. The molecule has 0 unspecified atom stereocenters. The number of nitrogens with one attached hydrogen (secondary N) is 1. The zero-order valence-corrected chi connectivity index (χ0v) is 11.0. The van der Waals surface area contributed by atoms with Crippen molar-refractivity contribution < 1.29 is 9.21 Å². The number of aromatic nitrogens is 1. The summed E-state index contributed by atoms with van der Waals surface area (Å²) in [4.78, 5) is 23.3. The molecule has 0 aliphatic rings. The van der Waals surface area contributed by atoms with Crippen LogP contribution in [0.3, 0.4) is 0 Å². The number of carbonyl (C=O) groups excluding carboxylic acids is 1. The number of hydrogen-bond acceptors (Lipinski definition) is 4. The van der Waals surface area contributed by atoms with Crippen LogP contribution in [0.25, 0.3) is 11.1 Å². The monoisotopic (exact) mass is 263 g/mol. The molecule has 0 aliphatic carbocycles. The molecule has 0 bridgehead atoms. The van der Waals surface area contributed by atoms with E-state index in [-0.39, 0.29) is 24.9 Å². The van der Waals surface area contributed by atoms with E-state index in [1.54, 1.807) is 18.2 Å². The van der Waals surface area contributed by atoms with Gasteiger partial charge >= 0.3 is 5.76 Å². The van der Waals surface area contributed by atoms with Crippen LogP contribution >= 0.6 is 0 Å². The van der Waals surface area contributed by atoms with E-state index < -0.39 is 5.76 Å². The van der Waals surface area contributed by atoms with Gasteiger partial charge in [0.05, 0.1) is 5.52 Å². The molecule has 0 saturated carbocycles. The standard InChI is InChI=1S/C13H17N3O3/c1-8(2)15-12(17)5-6-16-10-4-3-9(14)7-11(10)19-13(16)18/h3-4,7-8H,5-6,14H2,1-2H3,(H,15,17). The molecule has 0 atom stereocenters. The SMILES string of the molecule is CC(C)NC(=O)CCn1c(=O)oc2cc(N)ccc21. The van der Waals surface area contributed by atoms with Crippen molar-refractivity contribution in [1.82, 2.24) is 9.88 Å². The van der Waals surface area contributed by atoms with Gasteiger partial charge in [0.15, 0.2) is 5.58 Å². The van der Waals surface area contributed by atoms with E-state index in [0.717, 1.165) is 0 Å². The van der Waals surface area contributed by atoms with Crippen molar-refractivity contribution >= 4 is 22.7 Å². The van der Waals surface area contributed by atoms with Crippen molar-refractivity contribution in [1.29, 1.82) is 0 Å². The van der Waals surface area contributed by atoms with Crippen molar-refractivity contribution in [3.05, 3.63) is 28.7 Å². The summed E-state index contributed by atoms with van der Waals surface area (Å²) in [5.74, 6) is -0.565. The molecule has 102 valence electrons. The molecule has 2 rings (SSSR count). The van der Waals surface area contributed by atoms with Crippen LogP contribution in [0, 0.1) is 0 Å². The fraction of sp³-hybridized carbons (Fsp3) is 0.385. The van der Waals surface area contributed by atoms with Crippen LogP contribution in [0.1, 0.15) is 20.3 Å². The molecular weight excluding hydrogens is 246 g/mol. The second-order valence-electron chi connectivity index (χ2n) is 4.72. The summed E-state index contributed by atoms with van der Waals surface area (Å²) < 4.78 is 6.53. The fourth-order valence-electron chi connectivity index (χ4n) is 1.90. The summed E-state index contributed by atoms with van der Waals surface area (Å²) in [6, 6.07) is 5.10. The van der Waals surface area contributed by atoms with Crippen LogP contribution in [-0.4, -0.2) is 16.5 Å².